The van der Waals surface area contributed by atoms with Gasteiger partial charge >= 0.3 is 12.4 Å². The van der Waals surface area contributed by atoms with Crippen LogP contribution >= 0.6 is 0 Å². The van der Waals surface area contributed by atoms with Crippen LogP contribution in [0.25, 0.3) is 0 Å². The molecule has 168 valence electrons. The first-order chi connectivity index (χ1) is 14.5. The van der Waals surface area contributed by atoms with Gasteiger partial charge in [-0.1, -0.05) is 19.1 Å². The first kappa shape index (κ1) is 22.9. The van der Waals surface area contributed by atoms with Gasteiger partial charge in [0.15, 0.2) is 0 Å². The topological polar surface area (TPSA) is 35.6 Å². The summed E-state index contributed by atoms with van der Waals surface area (Å²) in [7, 11) is 0. The number of amides is 1. The van der Waals surface area contributed by atoms with Crippen molar-refractivity contribution >= 4 is 17.3 Å². The van der Waals surface area contributed by atoms with Crippen molar-refractivity contribution in [3.05, 3.63) is 59.2 Å². The number of likely N-dealkylation sites (N-methyl/N-ethyl adjacent to an activating group) is 1. The number of piperazine rings is 1. The Bertz CT molecular complexity index is 901. The number of carbonyl (C=O) groups excluding carboxylic acids is 1. The molecule has 1 saturated heterocycles. The van der Waals surface area contributed by atoms with Crippen LogP contribution in [0.3, 0.4) is 0 Å². The van der Waals surface area contributed by atoms with Crippen LogP contribution in [0.15, 0.2) is 42.5 Å². The maximum atomic E-state index is 13.1. The van der Waals surface area contributed by atoms with Gasteiger partial charge in [0.25, 0.3) is 5.91 Å². The van der Waals surface area contributed by atoms with Crippen LogP contribution in [-0.4, -0.2) is 43.5 Å². The number of para-hydroxylation sites is 2. The van der Waals surface area contributed by atoms with E-state index in [1.54, 1.807) is 24.3 Å². The number of rotatable bonds is 4. The molecule has 0 saturated carbocycles. The third kappa shape index (κ3) is 5.49. The molecule has 0 bridgehead atoms. The molecule has 0 aromatic heterocycles. The second-order valence-electron chi connectivity index (χ2n) is 7.19. The Morgan fingerprint density at radius 2 is 1.45 bits per heavy atom. The zero-order valence-electron chi connectivity index (χ0n) is 16.6. The molecule has 1 heterocycles. The quantitative estimate of drug-likeness (QED) is 0.664. The molecular weight excluding hydrogens is 424 g/mol. The highest BCUT2D eigenvalue weighted by atomic mass is 19.4. The van der Waals surface area contributed by atoms with Gasteiger partial charge in [0, 0.05) is 31.7 Å². The molecular formula is C21H21F6N3O. The summed E-state index contributed by atoms with van der Waals surface area (Å²) in [5.74, 6) is -1.05. The van der Waals surface area contributed by atoms with Gasteiger partial charge in [-0.2, -0.15) is 26.3 Å². The number of carbonyl (C=O) groups is 1. The highest BCUT2D eigenvalue weighted by Crippen LogP contribution is 2.36. The summed E-state index contributed by atoms with van der Waals surface area (Å²) in [6, 6.07) is 7.55. The van der Waals surface area contributed by atoms with E-state index in [0.717, 1.165) is 19.6 Å². The fraction of sp³-hybridized carbons (Fsp3) is 0.381. The van der Waals surface area contributed by atoms with E-state index in [2.05, 4.69) is 10.2 Å². The van der Waals surface area contributed by atoms with E-state index in [1.165, 1.54) is 0 Å². The molecule has 1 amide bonds. The Balaban J connectivity index is 1.89. The number of alkyl halides is 6. The molecule has 1 aliphatic rings. The highest BCUT2D eigenvalue weighted by Gasteiger charge is 2.37. The van der Waals surface area contributed by atoms with Crippen LogP contribution in [0.5, 0.6) is 0 Å². The predicted molar refractivity (Wildman–Crippen MR) is 105 cm³/mol. The van der Waals surface area contributed by atoms with Gasteiger partial charge in [0.1, 0.15) is 0 Å². The number of nitrogens with one attached hydrogen (secondary N) is 1. The Kier molecular flexibility index (Phi) is 6.49. The normalized spacial score (nSPS) is 15.8. The lowest BCUT2D eigenvalue weighted by Crippen LogP contribution is -2.46. The molecule has 0 aliphatic carbocycles. The van der Waals surface area contributed by atoms with E-state index in [-0.39, 0.29) is 6.07 Å². The van der Waals surface area contributed by atoms with Crippen LogP contribution < -0.4 is 10.2 Å². The number of hydrogen-bond donors (Lipinski definition) is 1. The molecule has 3 rings (SSSR count). The van der Waals surface area contributed by atoms with Gasteiger partial charge in [0.05, 0.1) is 22.5 Å². The minimum atomic E-state index is -5.02. The largest absolute Gasteiger partial charge is 0.416 e. The maximum absolute atomic E-state index is 13.1. The first-order valence-corrected chi connectivity index (χ1v) is 9.66. The Morgan fingerprint density at radius 3 is 1.97 bits per heavy atom. The van der Waals surface area contributed by atoms with Gasteiger partial charge < -0.3 is 15.1 Å². The number of nitrogens with zero attached hydrogens (tertiary/aromatic N) is 2. The van der Waals surface area contributed by atoms with E-state index >= 15 is 0 Å². The maximum Gasteiger partial charge on any atom is 0.416 e. The van der Waals surface area contributed by atoms with Crippen molar-refractivity contribution in [3.8, 4) is 0 Å². The lowest BCUT2D eigenvalue weighted by molar-refractivity contribution is -0.143. The van der Waals surface area contributed by atoms with Gasteiger partial charge in [-0.3, -0.25) is 4.79 Å². The number of halogens is 6. The zero-order valence-corrected chi connectivity index (χ0v) is 16.6. The van der Waals surface area contributed by atoms with Crippen LogP contribution in [0.4, 0.5) is 37.7 Å². The monoisotopic (exact) mass is 445 g/mol. The van der Waals surface area contributed by atoms with E-state index in [4.69, 9.17) is 0 Å². The Morgan fingerprint density at radius 1 is 0.903 bits per heavy atom. The molecule has 2 aromatic carbocycles. The van der Waals surface area contributed by atoms with Crippen LogP contribution in [0.1, 0.15) is 28.4 Å². The molecule has 1 aliphatic heterocycles. The highest BCUT2D eigenvalue weighted by molar-refractivity contribution is 6.06. The van der Waals surface area contributed by atoms with Crippen molar-refractivity contribution in [3.63, 3.8) is 0 Å². The van der Waals surface area contributed by atoms with E-state index in [9.17, 15) is 31.1 Å². The molecule has 0 spiro atoms. The van der Waals surface area contributed by atoms with Crippen molar-refractivity contribution in [1.82, 2.24) is 4.90 Å². The zero-order chi connectivity index (χ0) is 22.8. The molecule has 2 aromatic rings. The van der Waals surface area contributed by atoms with E-state index in [1.807, 2.05) is 11.8 Å². The van der Waals surface area contributed by atoms with Crippen LogP contribution in [0.2, 0.25) is 0 Å². The lowest BCUT2D eigenvalue weighted by atomic mass is 10.0. The van der Waals surface area contributed by atoms with Crippen LogP contribution in [-0.2, 0) is 12.4 Å². The second-order valence-corrected chi connectivity index (χ2v) is 7.19. The lowest BCUT2D eigenvalue weighted by Gasteiger charge is -2.36. The molecule has 0 radical (unpaired) electrons. The smallest absolute Gasteiger partial charge is 0.367 e. The third-order valence-corrected chi connectivity index (χ3v) is 5.16. The fourth-order valence-corrected chi connectivity index (χ4v) is 3.44. The average Bonchev–Trinajstić information content (AvgIpc) is 2.72. The molecule has 10 heteroatoms. The number of hydrogen-bond acceptors (Lipinski definition) is 3. The van der Waals surface area contributed by atoms with Gasteiger partial charge in [-0.25, -0.2) is 0 Å². The van der Waals surface area contributed by atoms with Crippen molar-refractivity contribution in [2.45, 2.75) is 19.3 Å². The predicted octanol–water partition coefficient (Wildman–Crippen LogP) is 5.12. The van der Waals surface area contributed by atoms with Crippen molar-refractivity contribution in [2.75, 3.05) is 42.9 Å². The SMILES string of the molecule is CCN1CCN(c2ccccc2NC(=O)c2cc(C(F)(F)F)cc(C(F)(F)F)c2)CC1. The number of benzene rings is 2. The van der Waals surface area contributed by atoms with Crippen molar-refractivity contribution in [2.24, 2.45) is 0 Å². The molecule has 1 fully saturated rings. The third-order valence-electron chi connectivity index (χ3n) is 5.16. The Hall–Kier alpha value is -2.75. The van der Waals surface area contributed by atoms with E-state index in [0.29, 0.717) is 36.6 Å². The minimum absolute atomic E-state index is 0.00204. The average molecular weight is 445 g/mol. The Labute approximate surface area is 175 Å². The molecule has 0 atom stereocenters. The van der Waals surface area contributed by atoms with Crippen molar-refractivity contribution < 1.29 is 31.1 Å². The summed E-state index contributed by atoms with van der Waals surface area (Å²) in [4.78, 5) is 16.9. The fourth-order valence-electron chi connectivity index (χ4n) is 3.44. The summed E-state index contributed by atoms with van der Waals surface area (Å²) >= 11 is 0. The number of anilines is 2. The standard InChI is InChI=1S/C21H21F6N3O/c1-2-29-7-9-30(10-8-29)18-6-4-3-5-17(18)28-19(31)14-11-15(20(22,23)24)13-16(12-14)21(25,26)27/h3-6,11-13H,2,7-10H2,1H3,(H,28,31). The molecule has 1 N–H and O–H groups in total. The molecule has 4 nitrogen and oxygen atoms in total. The first-order valence-electron chi connectivity index (χ1n) is 9.66. The molecule has 0 unspecified atom stereocenters. The summed E-state index contributed by atoms with van der Waals surface area (Å²) in [5, 5.41) is 2.48. The van der Waals surface area contributed by atoms with Gasteiger partial charge in [-0.05, 0) is 36.9 Å². The van der Waals surface area contributed by atoms with Gasteiger partial charge in [0.2, 0.25) is 0 Å². The summed E-state index contributed by atoms with van der Waals surface area (Å²) < 4.78 is 78.5. The van der Waals surface area contributed by atoms with Crippen molar-refractivity contribution in [1.29, 1.82) is 0 Å². The summed E-state index contributed by atoms with van der Waals surface area (Å²) in [6.45, 7) is 5.94. The van der Waals surface area contributed by atoms with Crippen LogP contribution in [0, 0.1) is 0 Å². The second kappa shape index (κ2) is 8.78. The summed E-state index contributed by atoms with van der Waals surface area (Å²) in [6.07, 6.45) is -10.0. The summed E-state index contributed by atoms with van der Waals surface area (Å²) in [5.41, 5.74) is -2.79. The molecule has 31 heavy (non-hydrogen) atoms. The minimum Gasteiger partial charge on any atom is -0.367 e. The van der Waals surface area contributed by atoms with Gasteiger partial charge in [-0.15, -0.1) is 0 Å². The van der Waals surface area contributed by atoms with E-state index < -0.39 is 35.0 Å².